The summed E-state index contributed by atoms with van der Waals surface area (Å²) >= 11 is 6.20. The minimum absolute atomic E-state index is 0.0340. The van der Waals surface area contributed by atoms with Crippen molar-refractivity contribution in [1.82, 2.24) is 9.38 Å². The van der Waals surface area contributed by atoms with E-state index in [-0.39, 0.29) is 11.5 Å². The fourth-order valence-corrected chi connectivity index (χ4v) is 3.79. The van der Waals surface area contributed by atoms with Gasteiger partial charge in [0.1, 0.15) is 17.1 Å². The zero-order valence-corrected chi connectivity index (χ0v) is 16.3. The van der Waals surface area contributed by atoms with E-state index in [1.807, 2.05) is 22.7 Å². The Morgan fingerprint density at radius 3 is 2.75 bits per heavy atom. The number of benzene rings is 1. The third-order valence-electron chi connectivity index (χ3n) is 4.98. The predicted octanol–water partition coefficient (Wildman–Crippen LogP) is 5.11. The Labute approximate surface area is 166 Å². The molecule has 4 rings (SSSR count). The van der Waals surface area contributed by atoms with Gasteiger partial charge in [-0.05, 0) is 24.5 Å². The molecule has 0 radical (unpaired) electrons. The lowest BCUT2D eigenvalue weighted by Crippen LogP contribution is -2.18. The molecule has 0 N–H and O–H groups in total. The van der Waals surface area contributed by atoms with Crippen molar-refractivity contribution < 1.29 is 18.3 Å². The highest BCUT2D eigenvalue weighted by molar-refractivity contribution is 6.32. The van der Waals surface area contributed by atoms with Gasteiger partial charge in [0.25, 0.3) is 0 Å². The zero-order chi connectivity index (χ0) is 19.8. The summed E-state index contributed by atoms with van der Waals surface area (Å²) in [5, 5.41) is 0.294. The average molecular weight is 408 g/mol. The van der Waals surface area contributed by atoms with E-state index in [0.29, 0.717) is 22.2 Å². The molecule has 0 amide bonds. The van der Waals surface area contributed by atoms with E-state index in [2.05, 4.69) is 21.5 Å². The Kier molecular flexibility index (Phi) is 5.02. The summed E-state index contributed by atoms with van der Waals surface area (Å²) < 4.78 is 37.4. The average Bonchev–Trinajstić information content (AvgIpc) is 3.27. The SMILES string of the molecule is COc1cc(OC(F)F)c(-c2cn3ccc(N4CC[C@H](C)C4)cc3n2)cc1Cl. The van der Waals surface area contributed by atoms with Crippen LogP contribution in [0.15, 0.2) is 36.7 Å². The first-order chi connectivity index (χ1) is 13.4. The first-order valence-electron chi connectivity index (χ1n) is 9.01. The topological polar surface area (TPSA) is 39.0 Å². The smallest absolute Gasteiger partial charge is 0.387 e. The van der Waals surface area contributed by atoms with Crippen LogP contribution in [0.1, 0.15) is 13.3 Å². The molecule has 0 aliphatic carbocycles. The molecule has 0 spiro atoms. The molecule has 1 atom stereocenters. The third-order valence-corrected chi connectivity index (χ3v) is 5.27. The minimum atomic E-state index is -2.97. The number of methoxy groups -OCH3 is 1. The fraction of sp³-hybridized carbons (Fsp3) is 0.350. The number of imidazole rings is 1. The van der Waals surface area contributed by atoms with Crippen molar-refractivity contribution in [3.63, 3.8) is 0 Å². The lowest BCUT2D eigenvalue weighted by molar-refractivity contribution is -0.0495. The number of nitrogens with zero attached hydrogens (tertiary/aromatic N) is 3. The van der Waals surface area contributed by atoms with Gasteiger partial charge in [-0.3, -0.25) is 0 Å². The lowest BCUT2D eigenvalue weighted by atomic mass is 10.1. The largest absolute Gasteiger partial charge is 0.495 e. The number of ether oxygens (including phenoxy) is 2. The van der Waals surface area contributed by atoms with Gasteiger partial charge < -0.3 is 18.8 Å². The van der Waals surface area contributed by atoms with Crippen LogP contribution >= 0.6 is 11.6 Å². The van der Waals surface area contributed by atoms with E-state index in [0.717, 1.165) is 24.4 Å². The maximum absolute atomic E-state index is 12.9. The van der Waals surface area contributed by atoms with E-state index in [1.165, 1.54) is 25.7 Å². The second kappa shape index (κ2) is 7.47. The molecule has 3 aromatic rings. The Bertz CT molecular complexity index is 1010. The molecule has 0 saturated carbocycles. The Balaban J connectivity index is 1.75. The van der Waals surface area contributed by atoms with Gasteiger partial charge in [-0.2, -0.15) is 8.78 Å². The van der Waals surface area contributed by atoms with Gasteiger partial charge in [0.05, 0.1) is 17.8 Å². The van der Waals surface area contributed by atoms with Crippen molar-refractivity contribution in [2.24, 2.45) is 5.92 Å². The minimum Gasteiger partial charge on any atom is -0.495 e. The van der Waals surface area contributed by atoms with E-state index < -0.39 is 6.61 Å². The second-order valence-electron chi connectivity index (χ2n) is 6.98. The number of halogens is 3. The van der Waals surface area contributed by atoms with Crippen LogP contribution in [0.2, 0.25) is 5.02 Å². The van der Waals surface area contributed by atoms with E-state index >= 15 is 0 Å². The van der Waals surface area contributed by atoms with Gasteiger partial charge in [0.15, 0.2) is 0 Å². The summed E-state index contributed by atoms with van der Waals surface area (Å²) in [5.74, 6) is 0.894. The van der Waals surface area contributed by atoms with Crippen LogP contribution in [0, 0.1) is 5.92 Å². The van der Waals surface area contributed by atoms with Crippen LogP contribution in [-0.2, 0) is 0 Å². The normalized spacial score (nSPS) is 16.9. The molecule has 8 heteroatoms. The summed E-state index contributed by atoms with van der Waals surface area (Å²) in [7, 11) is 1.42. The van der Waals surface area contributed by atoms with E-state index in [1.54, 1.807) is 6.20 Å². The van der Waals surface area contributed by atoms with Gasteiger partial charge in [0.2, 0.25) is 0 Å². The van der Waals surface area contributed by atoms with Crippen molar-refractivity contribution in [2.75, 3.05) is 25.1 Å². The number of rotatable bonds is 5. The highest BCUT2D eigenvalue weighted by atomic mass is 35.5. The van der Waals surface area contributed by atoms with Crippen LogP contribution in [0.4, 0.5) is 14.5 Å². The van der Waals surface area contributed by atoms with Crippen molar-refractivity contribution in [1.29, 1.82) is 0 Å². The van der Waals surface area contributed by atoms with Crippen LogP contribution in [0.3, 0.4) is 0 Å². The summed E-state index contributed by atoms with van der Waals surface area (Å²) in [6.45, 7) is 1.31. The maximum atomic E-state index is 12.9. The first kappa shape index (κ1) is 18.8. The van der Waals surface area contributed by atoms with Crippen LogP contribution in [0.25, 0.3) is 16.9 Å². The number of hydrogen-bond acceptors (Lipinski definition) is 4. The monoisotopic (exact) mass is 407 g/mol. The summed E-state index contributed by atoms with van der Waals surface area (Å²) in [6, 6.07) is 6.92. The lowest BCUT2D eigenvalue weighted by Gasteiger charge is -2.17. The molecule has 1 aromatic carbocycles. The highest BCUT2D eigenvalue weighted by Gasteiger charge is 2.21. The van der Waals surface area contributed by atoms with Crippen LogP contribution in [-0.4, -0.2) is 36.2 Å². The van der Waals surface area contributed by atoms with Crippen molar-refractivity contribution in [2.45, 2.75) is 20.0 Å². The molecular weight excluding hydrogens is 388 g/mol. The van der Waals surface area contributed by atoms with Gasteiger partial charge in [0, 0.05) is 48.9 Å². The van der Waals surface area contributed by atoms with Crippen LogP contribution in [0.5, 0.6) is 11.5 Å². The van der Waals surface area contributed by atoms with Gasteiger partial charge in [-0.1, -0.05) is 18.5 Å². The molecule has 1 fully saturated rings. The summed E-state index contributed by atoms with van der Waals surface area (Å²) in [6.07, 6.45) is 4.86. The van der Waals surface area contributed by atoms with Gasteiger partial charge >= 0.3 is 6.61 Å². The van der Waals surface area contributed by atoms with Crippen LogP contribution < -0.4 is 14.4 Å². The fourth-order valence-electron chi connectivity index (χ4n) is 3.55. The molecule has 0 bridgehead atoms. The van der Waals surface area contributed by atoms with Gasteiger partial charge in [-0.25, -0.2) is 4.98 Å². The molecule has 148 valence electrons. The van der Waals surface area contributed by atoms with E-state index in [4.69, 9.17) is 16.3 Å². The molecular formula is C20H20ClF2N3O2. The number of fused-ring (bicyclic) bond motifs is 1. The molecule has 1 aliphatic rings. The standard InChI is InChI=1S/C20H20ClF2N3O2/c1-12-3-5-25(10-12)13-4-6-26-11-16(24-19(26)7-13)14-8-15(21)18(27-2)9-17(14)28-20(22)23/h4,6-9,11-12,20H,3,5,10H2,1-2H3/t12-/m0/s1. The second-order valence-corrected chi connectivity index (χ2v) is 7.39. The molecule has 5 nitrogen and oxygen atoms in total. The molecule has 1 saturated heterocycles. The highest BCUT2D eigenvalue weighted by Crippen LogP contribution is 2.39. The Morgan fingerprint density at radius 1 is 1.25 bits per heavy atom. The maximum Gasteiger partial charge on any atom is 0.387 e. The summed E-state index contributed by atoms with van der Waals surface area (Å²) in [5.41, 5.74) is 2.70. The van der Waals surface area contributed by atoms with Crippen molar-refractivity contribution in [3.8, 4) is 22.8 Å². The Hall–Kier alpha value is -2.54. The quantitative estimate of drug-likeness (QED) is 0.589. The number of alkyl halides is 2. The predicted molar refractivity (Wildman–Crippen MR) is 105 cm³/mol. The number of anilines is 1. The van der Waals surface area contributed by atoms with E-state index in [9.17, 15) is 8.78 Å². The zero-order valence-electron chi connectivity index (χ0n) is 15.5. The number of pyridine rings is 1. The number of hydrogen-bond donors (Lipinski definition) is 0. The number of aromatic nitrogens is 2. The first-order valence-corrected chi connectivity index (χ1v) is 9.39. The molecule has 2 aromatic heterocycles. The third kappa shape index (κ3) is 3.58. The molecule has 0 unspecified atom stereocenters. The summed E-state index contributed by atoms with van der Waals surface area (Å²) in [4.78, 5) is 6.94. The Morgan fingerprint density at radius 2 is 2.07 bits per heavy atom. The molecule has 3 heterocycles. The van der Waals surface area contributed by atoms with Gasteiger partial charge in [-0.15, -0.1) is 0 Å². The van der Waals surface area contributed by atoms with Crippen molar-refractivity contribution in [3.05, 3.63) is 41.7 Å². The molecule has 1 aliphatic heterocycles. The molecule has 28 heavy (non-hydrogen) atoms. The van der Waals surface area contributed by atoms with Crippen molar-refractivity contribution >= 4 is 22.9 Å².